The molecule has 1 rings (SSSR count). The van der Waals surface area contributed by atoms with Gasteiger partial charge in [-0.25, -0.2) is 0 Å². The van der Waals surface area contributed by atoms with Gasteiger partial charge in [0.15, 0.2) is 0 Å². The number of rotatable bonds is 13. The van der Waals surface area contributed by atoms with Gasteiger partial charge in [0, 0.05) is 51.9 Å². The van der Waals surface area contributed by atoms with Crippen molar-refractivity contribution < 1.29 is 34.4 Å². The maximum Gasteiger partial charge on any atom is 0.317 e. The first-order valence-electron chi connectivity index (χ1n) is 10.1. The molecule has 176 valence electrons. The van der Waals surface area contributed by atoms with Gasteiger partial charge in [-0.1, -0.05) is 6.42 Å². The normalized spacial score (nSPS) is 17.9. The summed E-state index contributed by atoms with van der Waals surface area (Å²) < 4.78 is 0. The fraction of sp³-hybridized carbons (Fsp3) is 0.833. The van der Waals surface area contributed by atoms with E-state index in [-0.39, 0.29) is 30.4 Å². The molecule has 0 aromatic rings. The molecule has 0 unspecified atom stereocenters. The van der Waals surface area contributed by atoms with Gasteiger partial charge < -0.3 is 26.4 Å². The summed E-state index contributed by atoms with van der Waals surface area (Å²) in [5.41, 5.74) is 5.55. The molecular formula is C18H36FN5O6. The number of unbranched alkanes of at least 4 members (excludes halogenated alkanes) is 1. The molecule has 12 heteroatoms. The highest BCUT2D eigenvalue weighted by atomic mass is 18.0. The van der Waals surface area contributed by atoms with Crippen molar-refractivity contribution in [2.75, 3.05) is 72.0 Å². The second-order valence-corrected chi connectivity index (χ2v) is 7.40. The number of nitrogens with one attached hydrogen (secondary N) is 1. The molecule has 6 N–H and O–H groups in total. The Bertz CT molecular complexity index is 499. The number of halogens is 1. The quantitative estimate of drug-likeness (QED) is 0.212. The molecule has 0 radical (unpaired) electrons. The van der Waals surface area contributed by atoms with Crippen LogP contribution in [0.5, 0.6) is 0 Å². The third kappa shape index (κ3) is 13.4. The highest BCUT2D eigenvalue weighted by Crippen LogP contribution is 2.06. The molecule has 1 aliphatic rings. The summed E-state index contributed by atoms with van der Waals surface area (Å²) in [4.78, 5) is 39.0. The van der Waals surface area contributed by atoms with Crippen LogP contribution >= 0.6 is 0 Å². The summed E-state index contributed by atoms with van der Waals surface area (Å²) in [7, 11) is 0. The predicted molar refractivity (Wildman–Crippen MR) is 109 cm³/mol. The van der Waals surface area contributed by atoms with Crippen LogP contribution in [0.25, 0.3) is 0 Å². The van der Waals surface area contributed by atoms with Gasteiger partial charge in [0.2, 0.25) is 0 Å². The third-order valence-corrected chi connectivity index (χ3v) is 4.94. The topological polar surface area (TPSA) is 160 Å². The second kappa shape index (κ2) is 15.9. The fourth-order valence-corrected chi connectivity index (χ4v) is 3.40. The third-order valence-electron chi connectivity index (χ3n) is 4.94. The maximum absolute atomic E-state index is 11.1. The molecular weight excluding hydrogens is 400 g/mol. The number of carboxylic acids is 3. The molecule has 0 amide bonds. The summed E-state index contributed by atoms with van der Waals surface area (Å²) in [6.45, 7) is 4.25. The standard InChI is InChI=1S/C18H35N5O6.FH/c19-4-2-1-3-15(20-11-16(24)25)12-21-5-7-22(13-17(26)27)9-10-23(8-6-21)14-18(28)29;/h15,20H,1-14,19H2,(H,24,25)(H,26,27)(H,28,29);1H/t15-;/m1./s1/i;1-1. The lowest BCUT2D eigenvalue weighted by molar-refractivity contribution is -0.140. The van der Waals surface area contributed by atoms with E-state index in [4.69, 9.17) is 21.1 Å². The zero-order chi connectivity index (χ0) is 21.6. The van der Waals surface area contributed by atoms with Gasteiger partial charge in [0.1, 0.15) is 0 Å². The summed E-state index contributed by atoms with van der Waals surface area (Å²) >= 11 is 0. The van der Waals surface area contributed by atoms with E-state index in [0.29, 0.717) is 52.4 Å². The second-order valence-electron chi connectivity index (χ2n) is 7.40. The molecule has 1 fully saturated rings. The van der Waals surface area contributed by atoms with Crippen LogP contribution in [0.1, 0.15) is 19.3 Å². The van der Waals surface area contributed by atoms with E-state index in [1.54, 1.807) is 0 Å². The highest BCUT2D eigenvalue weighted by Gasteiger charge is 2.21. The minimum absolute atomic E-state index is 0. The fourth-order valence-electron chi connectivity index (χ4n) is 3.40. The van der Waals surface area contributed by atoms with Crippen LogP contribution in [0.4, 0.5) is 4.70 Å². The van der Waals surface area contributed by atoms with Gasteiger partial charge in [-0.3, -0.25) is 33.8 Å². The molecule has 0 aromatic heterocycles. The number of aliphatic carboxylic acids is 3. The predicted octanol–water partition coefficient (Wildman–Crippen LogP) is -1.60. The molecule has 0 spiro atoms. The molecule has 11 nitrogen and oxygen atoms in total. The maximum atomic E-state index is 11.1. The van der Waals surface area contributed by atoms with E-state index < -0.39 is 17.9 Å². The Morgan fingerprint density at radius 3 is 1.67 bits per heavy atom. The molecule has 1 saturated heterocycles. The largest absolute Gasteiger partial charge is 0.480 e. The van der Waals surface area contributed by atoms with Crippen LogP contribution in [-0.4, -0.2) is 126 Å². The molecule has 0 bridgehead atoms. The van der Waals surface area contributed by atoms with Gasteiger partial charge in [-0.2, -0.15) is 0 Å². The number of nitrogens with two attached hydrogens (primary N) is 1. The number of hydrogen-bond acceptors (Lipinski definition) is 8. The lowest BCUT2D eigenvalue weighted by atomic mass is 10.1. The summed E-state index contributed by atoms with van der Waals surface area (Å²) in [5.74, 6) is -2.75. The van der Waals surface area contributed by atoms with E-state index >= 15 is 0 Å². The van der Waals surface area contributed by atoms with E-state index in [1.807, 2.05) is 9.80 Å². The van der Waals surface area contributed by atoms with Crippen LogP contribution in [0.15, 0.2) is 0 Å². The first-order valence-corrected chi connectivity index (χ1v) is 10.1. The van der Waals surface area contributed by atoms with E-state index in [0.717, 1.165) is 19.3 Å². The number of carbonyl (C=O) groups is 3. The number of nitrogens with zero attached hydrogens (tertiary/aromatic N) is 3. The summed E-state index contributed by atoms with van der Waals surface area (Å²) in [5, 5.41) is 30.3. The summed E-state index contributed by atoms with van der Waals surface area (Å²) in [6.07, 6.45) is 2.54. The van der Waals surface area contributed by atoms with Crippen molar-refractivity contribution in [1.29, 1.82) is 0 Å². The smallest absolute Gasteiger partial charge is 0.317 e. The van der Waals surface area contributed by atoms with Crippen LogP contribution in [0.3, 0.4) is 0 Å². The molecule has 0 aromatic carbocycles. The average molecular weight is 437 g/mol. The minimum atomic E-state index is -0.918. The number of hydrogen-bond donors (Lipinski definition) is 5. The highest BCUT2D eigenvalue weighted by molar-refractivity contribution is 5.69. The van der Waals surface area contributed by atoms with Gasteiger partial charge in [-0.15, -0.1) is 0 Å². The average Bonchev–Trinajstić information content (AvgIpc) is 2.71. The zero-order valence-corrected chi connectivity index (χ0v) is 17.4. The van der Waals surface area contributed by atoms with Crippen molar-refractivity contribution in [1.82, 2.24) is 20.0 Å². The molecule has 1 atom stereocenters. The Balaban J connectivity index is 0.00000841. The van der Waals surface area contributed by atoms with Gasteiger partial charge >= 0.3 is 17.9 Å². The van der Waals surface area contributed by atoms with Gasteiger partial charge in [-0.05, 0) is 19.4 Å². The van der Waals surface area contributed by atoms with Gasteiger partial charge in [0.25, 0.3) is 0 Å². The van der Waals surface area contributed by atoms with Crippen molar-refractivity contribution in [3.8, 4) is 0 Å². The first-order chi connectivity index (χ1) is 13.8. The first kappa shape index (κ1) is 28.1. The van der Waals surface area contributed by atoms with Gasteiger partial charge in [0.05, 0.1) is 19.6 Å². The van der Waals surface area contributed by atoms with Crippen LogP contribution < -0.4 is 11.1 Å². The Morgan fingerprint density at radius 1 is 0.800 bits per heavy atom. The lowest BCUT2D eigenvalue weighted by Gasteiger charge is -2.29. The Hall–Kier alpha value is -1.86. The Kier molecular flexibility index (Phi) is 14.9. The molecule has 30 heavy (non-hydrogen) atoms. The van der Waals surface area contributed by atoms with Crippen molar-refractivity contribution in [3.63, 3.8) is 0 Å². The molecule has 0 aliphatic carbocycles. The van der Waals surface area contributed by atoms with Crippen molar-refractivity contribution >= 4 is 17.9 Å². The zero-order valence-electron chi connectivity index (χ0n) is 17.4. The lowest BCUT2D eigenvalue weighted by Crippen LogP contribution is -2.46. The minimum Gasteiger partial charge on any atom is -0.480 e. The SMILES string of the molecule is NCCCC[C@H](CN1CCN(CC(=O)O)CCN(CC(=O)O)CC1)NCC(=O)O.[18FH]. The van der Waals surface area contributed by atoms with Crippen LogP contribution in [0.2, 0.25) is 0 Å². The van der Waals surface area contributed by atoms with Crippen LogP contribution in [0, 0.1) is 0 Å². The Labute approximate surface area is 176 Å². The van der Waals surface area contributed by atoms with E-state index in [2.05, 4.69) is 10.2 Å². The van der Waals surface area contributed by atoms with E-state index in [9.17, 15) is 14.4 Å². The monoisotopic (exact) mass is 436 g/mol. The van der Waals surface area contributed by atoms with Crippen molar-refractivity contribution in [2.45, 2.75) is 25.3 Å². The van der Waals surface area contributed by atoms with E-state index in [1.165, 1.54) is 0 Å². The van der Waals surface area contributed by atoms with Crippen LogP contribution in [-0.2, 0) is 14.4 Å². The molecule has 0 saturated carbocycles. The summed E-state index contributed by atoms with van der Waals surface area (Å²) in [6, 6.07) is -0.0285. The number of carboxylic acid groups (broad SMARTS) is 3. The van der Waals surface area contributed by atoms with Crippen molar-refractivity contribution in [3.05, 3.63) is 0 Å². The Morgan fingerprint density at radius 2 is 1.27 bits per heavy atom. The molecule has 1 aliphatic heterocycles. The van der Waals surface area contributed by atoms with Crippen molar-refractivity contribution in [2.24, 2.45) is 5.73 Å². The molecule has 1 heterocycles.